The highest BCUT2D eigenvalue weighted by molar-refractivity contribution is 5.87. The normalized spacial score (nSPS) is 17.8. The van der Waals surface area contributed by atoms with E-state index in [2.05, 4.69) is 23.9 Å². The number of hydrogen-bond donors (Lipinski definition) is 1. The fourth-order valence-corrected chi connectivity index (χ4v) is 2.45. The summed E-state index contributed by atoms with van der Waals surface area (Å²) in [6.45, 7) is 5.52. The predicted octanol–water partition coefficient (Wildman–Crippen LogP) is 1.17. The van der Waals surface area contributed by atoms with Crippen molar-refractivity contribution in [1.29, 1.82) is 0 Å². The fourth-order valence-electron chi connectivity index (χ4n) is 2.45. The van der Waals surface area contributed by atoms with Crippen LogP contribution in [0.1, 0.15) is 38.9 Å². The Labute approximate surface area is 108 Å². The van der Waals surface area contributed by atoms with E-state index in [4.69, 9.17) is 5.73 Å². The average molecular weight is 250 g/mol. The van der Waals surface area contributed by atoms with Crippen LogP contribution in [0.5, 0.6) is 0 Å². The molecule has 0 unspecified atom stereocenters. The second-order valence-electron chi connectivity index (χ2n) is 5.69. The Balaban J connectivity index is 2.05. The van der Waals surface area contributed by atoms with Gasteiger partial charge in [0.05, 0.1) is 6.42 Å². The number of rotatable bonds is 6. The summed E-state index contributed by atoms with van der Waals surface area (Å²) in [5, 5.41) is 4.18. The van der Waals surface area contributed by atoms with Gasteiger partial charge in [-0.15, -0.1) is 0 Å². The van der Waals surface area contributed by atoms with E-state index < -0.39 is 0 Å². The van der Waals surface area contributed by atoms with Gasteiger partial charge in [-0.05, 0) is 18.8 Å². The number of carbonyl (C=O) groups excluding carboxylic acids is 1. The third-order valence-electron chi connectivity index (χ3n) is 3.85. The first kappa shape index (κ1) is 13.2. The van der Waals surface area contributed by atoms with Crippen molar-refractivity contribution >= 4 is 5.78 Å². The second-order valence-corrected chi connectivity index (χ2v) is 5.69. The topological polar surface area (TPSA) is 73.8 Å². The van der Waals surface area contributed by atoms with Gasteiger partial charge in [0.15, 0.2) is 0 Å². The van der Waals surface area contributed by atoms with Crippen LogP contribution in [0.3, 0.4) is 0 Å². The number of carbonyl (C=O) groups is 1. The van der Waals surface area contributed by atoms with Gasteiger partial charge in [-0.1, -0.05) is 20.3 Å². The van der Waals surface area contributed by atoms with Crippen LogP contribution in [0.4, 0.5) is 0 Å². The van der Waals surface area contributed by atoms with Crippen molar-refractivity contribution < 1.29 is 4.79 Å². The van der Waals surface area contributed by atoms with E-state index >= 15 is 0 Å². The summed E-state index contributed by atoms with van der Waals surface area (Å²) in [6, 6.07) is 0. The Morgan fingerprint density at radius 2 is 2.28 bits per heavy atom. The maximum atomic E-state index is 12.3. The van der Waals surface area contributed by atoms with Crippen molar-refractivity contribution in [2.75, 3.05) is 6.54 Å². The minimum absolute atomic E-state index is 0.231. The molecule has 1 fully saturated rings. The Hall–Kier alpha value is -1.23. The lowest BCUT2D eigenvalue weighted by Crippen LogP contribution is -2.45. The second kappa shape index (κ2) is 5.18. The molecule has 1 saturated carbocycles. The van der Waals surface area contributed by atoms with Crippen molar-refractivity contribution in [3.8, 4) is 0 Å². The molecule has 5 heteroatoms. The molecule has 0 radical (unpaired) electrons. The molecule has 18 heavy (non-hydrogen) atoms. The van der Waals surface area contributed by atoms with E-state index in [0.29, 0.717) is 18.9 Å². The van der Waals surface area contributed by atoms with Crippen LogP contribution in [0, 0.1) is 11.3 Å². The van der Waals surface area contributed by atoms with Crippen LogP contribution in [0.15, 0.2) is 6.33 Å². The summed E-state index contributed by atoms with van der Waals surface area (Å²) in [5.74, 6) is 1.50. The van der Waals surface area contributed by atoms with Crippen LogP contribution in [-0.4, -0.2) is 27.1 Å². The zero-order valence-electron chi connectivity index (χ0n) is 11.2. The largest absolute Gasteiger partial charge is 0.329 e. The lowest BCUT2D eigenvalue weighted by Gasteiger charge is -2.39. The molecule has 0 aromatic carbocycles. The Morgan fingerprint density at radius 3 is 2.78 bits per heavy atom. The Kier molecular flexibility index (Phi) is 3.80. The van der Waals surface area contributed by atoms with Gasteiger partial charge in [0.1, 0.15) is 17.9 Å². The summed E-state index contributed by atoms with van der Waals surface area (Å²) in [7, 11) is 0. The maximum Gasteiger partial charge on any atom is 0.147 e. The lowest BCUT2D eigenvalue weighted by molar-refractivity contribution is -0.132. The number of ketones is 1. The van der Waals surface area contributed by atoms with Crippen molar-refractivity contribution in [1.82, 2.24) is 14.8 Å². The molecular formula is C13H22N4O. The molecule has 0 aliphatic heterocycles. The molecule has 1 aromatic heterocycles. The zero-order valence-corrected chi connectivity index (χ0v) is 11.2. The first-order chi connectivity index (χ1) is 8.57. The zero-order chi connectivity index (χ0) is 13.2. The standard InChI is InChI=1S/C13H22N4O/c1-10(2)7-17-12(15-9-16-17)6-11(18)13(8-14)4-3-5-13/h9-10H,3-8,14H2,1-2H3. The van der Waals surface area contributed by atoms with E-state index in [1.807, 2.05) is 4.68 Å². The van der Waals surface area contributed by atoms with Crippen LogP contribution < -0.4 is 5.73 Å². The van der Waals surface area contributed by atoms with Crippen molar-refractivity contribution in [3.63, 3.8) is 0 Å². The molecule has 0 spiro atoms. The molecule has 2 N–H and O–H groups in total. The number of aromatic nitrogens is 3. The van der Waals surface area contributed by atoms with Gasteiger partial charge in [0.2, 0.25) is 0 Å². The van der Waals surface area contributed by atoms with Crippen LogP contribution >= 0.6 is 0 Å². The van der Waals surface area contributed by atoms with Crippen LogP contribution in [-0.2, 0) is 17.8 Å². The van der Waals surface area contributed by atoms with Gasteiger partial charge in [0.25, 0.3) is 0 Å². The monoisotopic (exact) mass is 250 g/mol. The summed E-state index contributed by atoms with van der Waals surface area (Å²) in [6.07, 6.45) is 4.87. The third kappa shape index (κ3) is 2.46. The predicted molar refractivity (Wildman–Crippen MR) is 68.9 cm³/mol. The number of nitrogens with two attached hydrogens (primary N) is 1. The number of hydrogen-bond acceptors (Lipinski definition) is 4. The molecule has 0 saturated heterocycles. The summed E-state index contributed by atoms with van der Waals surface area (Å²) >= 11 is 0. The van der Waals surface area contributed by atoms with E-state index in [9.17, 15) is 4.79 Å². The van der Waals surface area contributed by atoms with Crippen molar-refractivity contribution in [3.05, 3.63) is 12.2 Å². The molecule has 1 aromatic rings. The van der Waals surface area contributed by atoms with E-state index in [-0.39, 0.29) is 11.2 Å². The number of Topliss-reactive ketones (excluding diaryl/α,β-unsaturated/α-hetero) is 1. The van der Waals surface area contributed by atoms with E-state index in [0.717, 1.165) is 31.6 Å². The first-order valence-corrected chi connectivity index (χ1v) is 6.67. The van der Waals surface area contributed by atoms with Crippen molar-refractivity contribution in [2.45, 2.75) is 46.1 Å². The average Bonchev–Trinajstić information content (AvgIpc) is 2.64. The minimum atomic E-state index is -0.269. The van der Waals surface area contributed by atoms with Gasteiger partial charge in [0, 0.05) is 18.5 Å². The lowest BCUT2D eigenvalue weighted by atomic mass is 9.65. The molecule has 1 aliphatic carbocycles. The molecule has 2 rings (SSSR count). The molecule has 0 atom stereocenters. The van der Waals surface area contributed by atoms with Gasteiger partial charge in [-0.2, -0.15) is 5.10 Å². The highest BCUT2D eigenvalue weighted by Crippen LogP contribution is 2.41. The smallest absolute Gasteiger partial charge is 0.147 e. The quantitative estimate of drug-likeness (QED) is 0.822. The van der Waals surface area contributed by atoms with Gasteiger partial charge in [-0.25, -0.2) is 9.67 Å². The van der Waals surface area contributed by atoms with E-state index in [1.165, 1.54) is 6.33 Å². The molecule has 0 bridgehead atoms. The van der Waals surface area contributed by atoms with E-state index in [1.54, 1.807) is 0 Å². The molecule has 100 valence electrons. The molecule has 0 amide bonds. The van der Waals surface area contributed by atoms with Gasteiger partial charge < -0.3 is 5.73 Å². The Morgan fingerprint density at radius 1 is 1.56 bits per heavy atom. The van der Waals surface area contributed by atoms with Crippen LogP contribution in [0.25, 0.3) is 0 Å². The summed E-state index contributed by atoms with van der Waals surface area (Å²) in [4.78, 5) is 16.5. The van der Waals surface area contributed by atoms with Crippen molar-refractivity contribution in [2.24, 2.45) is 17.1 Å². The molecular weight excluding hydrogens is 228 g/mol. The SMILES string of the molecule is CC(C)Cn1ncnc1CC(=O)C1(CN)CCC1. The minimum Gasteiger partial charge on any atom is -0.329 e. The summed E-state index contributed by atoms with van der Waals surface area (Å²) in [5.41, 5.74) is 5.48. The van der Waals surface area contributed by atoms with Crippen LogP contribution in [0.2, 0.25) is 0 Å². The number of nitrogens with zero attached hydrogens (tertiary/aromatic N) is 3. The highest BCUT2D eigenvalue weighted by Gasteiger charge is 2.42. The summed E-state index contributed by atoms with van der Waals surface area (Å²) < 4.78 is 1.84. The van der Waals surface area contributed by atoms with Gasteiger partial charge >= 0.3 is 0 Å². The Bertz CT molecular complexity index is 415. The maximum absolute atomic E-state index is 12.3. The van der Waals surface area contributed by atoms with Gasteiger partial charge in [-0.3, -0.25) is 4.79 Å². The molecule has 5 nitrogen and oxygen atoms in total. The first-order valence-electron chi connectivity index (χ1n) is 6.67. The fraction of sp³-hybridized carbons (Fsp3) is 0.769. The molecule has 1 heterocycles. The highest BCUT2D eigenvalue weighted by atomic mass is 16.1. The molecule has 1 aliphatic rings. The third-order valence-corrected chi connectivity index (χ3v) is 3.85.